The van der Waals surface area contributed by atoms with Crippen molar-refractivity contribution in [3.63, 3.8) is 0 Å². The number of nitrogens with zero attached hydrogens (tertiary/aromatic N) is 3. The Kier molecular flexibility index (Phi) is 3.55. The van der Waals surface area contributed by atoms with E-state index in [0.29, 0.717) is 12.3 Å². The van der Waals surface area contributed by atoms with Crippen molar-refractivity contribution >= 4 is 27.3 Å². The van der Waals surface area contributed by atoms with Crippen LogP contribution in [0.2, 0.25) is 0 Å². The second-order valence-corrected chi connectivity index (χ2v) is 5.76. The molecule has 0 radical (unpaired) electrons. The number of aromatic hydroxyl groups is 1. The first-order valence-electron chi connectivity index (χ1n) is 6.57. The van der Waals surface area contributed by atoms with Crippen LogP contribution in [0.25, 0.3) is 5.65 Å². The maximum atomic E-state index is 9.98. The minimum absolute atomic E-state index is 0.338. The third-order valence-corrected chi connectivity index (χ3v) is 3.94. The van der Waals surface area contributed by atoms with Gasteiger partial charge in [-0.1, -0.05) is 6.07 Å². The number of nitrogens with one attached hydrogen (secondary N) is 1. The van der Waals surface area contributed by atoms with Gasteiger partial charge in [0.1, 0.15) is 10.4 Å². The number of hydrogen-bond acceptors (Lipinski definition) is 4. The number of phenolic OH excluding ortho intramolecular Hbond substituents is 1. The highest BCUT2D eigenvalue weighted by atomic mass is 79.9. The van der Waals surface area contributed by atoms with E-state index in [1.54, 1.807) is 6.20 Å². The number of aromatic nitrogens is 3. The third-order valence-electron chi connectivity index (χ3n) is 3.53. The molecule has 0 fully saturated rings. The van der Waals surface area contributed by atoms with E-state index < -0.39 is 0 Å². The summed E-state index contributed by atoms with van der Waals surface area (Å²) in [4.78, 5) is 8.47. The van der Waals surface area contributed by atoms with Gasteiger partial charge in [-0.25, -0.2) is 9.97 Å². The highest BCUT2D eigenvalue weighted by molar-refractivity contribution is 9.10. The number of benzene rings is 1. The minimum Gasteiger partial charge on any atom is -0.507 e. The summed E-state index contributed by atoms with van der Waals surface area (Å²) < 4.78 is 2.74. The lowest BCUT2D eigenvalue weighted by Crippen LogP contribution is -2.04. The van der Waals surface area contributed by atoms with Gasteiger partial charge in [-0.2, -0.15) is 0 Å². The minimum atomic E-state index is 0.338. The van der Waals surface area contributed by atoms with Gasteiger partial charge in [-0.3, -0.25) is 4.40 Å². The van der Waals surface area contributed by atoms with Gasteiger partial charge in [-0.05, 0) is 41.4 Å². The molecule has 2 heterocycles. The largest absolute Gasteiger partial charge is 0.507 e. The van der Waals surface area contributed by atoms with Crippen molar-refractivity contribution in [1.82, 2.24) is 14.4 Å². The summed E-state index contributed by atoms with van der Waals surface area (Å²) >= 11 is 3.36. The Hall–Kier alpha value is -2.08. The van der Waals surface area contributed by atoms with Gasteiger partial charge < -0.3 is 10.4 Å². The molecule has 0 amide bonds. The SMILES string of the molecule is Cc1ccc(NCc2cnc3cnc(Br)cn23)c(C)c1O. The maximum absolute atomic E-state index is 9.98. The highest BCUT2D eigenvalue weighted by Crippen LogP contribution is 2.28. The molecule has 0 spiro atoms. The fourth-order valence-corrected chi connectivity index (χ4v) is 2.57. The number of halogens is 1. The zero-order chi connectivity index (χ0) is 15.0. The maximum Gasteiger partial charge on any atom is 0.155 e. The molecule has 0 saturated carbocycles. The van der Waals surface area contributed by atoms with Gasteiger partial charge in [0.25, 0.3) is 0 Å². The lowest BCUT2D eigenvalue weighted by atomic mass is 10.1. The Balaban J connectivity index is 1.87. The summed E-state index contributed by atoms with van der Waals surface area (Å²) in [6.07, 6.45) is 5.43. The van der Waals surface area contributed by atoms with Crippen molar-refractivity contribution < 1.29 is 5.11 Å². The topological polar surface area (TPSA) is 62.5 Å². The summed E-state index contributed by atoms with van der Waals surface area (Å²) in [5, 5.41) is 13.3. The van der Waals surface area contributed by atoms with E-state index >= 15 is 0 Å². The molecule has 21 heavy (non-hydrogen) atoms. The van der Waals surface area contributed by atoms with Crippen LogP contribution < -0.4 is 5.32 Å². The molecule has 0 aliphatic rings. The zero-order valence-electron chi connectivity index (χ0n) is 11.8. The first-order valence-corrected chi connectivity index (χ1v) is 7.36. The Morgan fingerprint density at radius 3 is 2.86 bits per heavy atom. The Labute approximate surface area is 130 Å². The summed E-state index contributed by atoms with van der Waals surface area (Å²) in [7, 11) is 0. The van der Waals surface area contributed by atoms with Gasteiger partial charge in [-0.15, -0.1) is 0 Å². The standard InChI is InChI=1S/C15H15BrN4O/c1-9-3-4-12(10(2)15(9)21)17-5-11-6-19-14-7-18-13(16)8-20(11)14/h3-4,6-8,17,21H,5H2,1-2H3. The second kappa shape index (κ2) is 5.37. The van der Waals surface area contributed by atoms with Crippen LogP contribution in [0.5, 0.6) is 5.75 Å². The molecule has 2 aromatic heterocycles. The number of fused-ring (bicyclic) bond motifs is 1. The van der Waals surface area contributed by atoms with E-state index in [1.165, 1.54) is 0 Å². The van der Waals surface area contributed by atoms with E-state index in [0.717, 1.165) is 32.8 Å². The van der Waals surface area contributed by atoms with Crippen molar-refractivity contribution in [3.8, 4) is 5.75 Å². The molecule has 6 heteroatoms. The average Bonchev–Trinajstić information content (AvgIpc) is 2.86. The zero-order valence-corrected chi connectivity index (χ0v) is 13.3. The summed E-state index contributed by atoms with van der Waals surface area (Å²) in [6.45, 7) is 4.40. The lowest BCUT2D eigenvalue weighted by Gasteiger charge is -2.12. The van der Waals surface area contributed by atoms with Gasteiger partial charge in [0.2, 0.25) is 0 Å². The molecule has 3 aromatic rings. The van der Waals surface area contributed by atoms with Crippen molar-refractivity contribution in [2.45, 2.75) is 20.4 Å². The molecule has 5 nitrogen and oxygen atoms in total. The van der Waals surface area contributed by atoms with Crippen LogP contribution in [0.3, 0.4) is 0 Å². The van der Waals surface area contributed by atoms with Crippen molar-refractivity contribution in [2.75, 3.05) is 5.32 Å². The number of hydrogen-bond donors (Lipinski definition) is 2. The fourth-order valence-electron chi connectivity index (χ4n) is 2.26. The van der Waals surface area contributed by atoms with Gasteiger partial charge in [0.05, 0.1) is 24.6 Å². The van der Waals surface area contributed by atoms with Crippen molar-refractivity contribution in [1.29, 1.82) is 0 Å². The molecular formula is C15H15BrN4O. The van der Waals surface area contributed by atoms with Crippen LogP contribution in [0.1, 0.15) is 16.8 Å². The van der Waals surface area contributed by atoms with Gasteiger partial charge in [0, 0.05) is 17.4 Å². The quantitative estimate of drug-likeness (QED) is 0.762. The number of phenols is 1. The number of rotatable bonds is 3. The van der Waals surface area contributed by atoms with Crippen LogP contribution >= 0.6 is 15.9 Å². The Morgan fingerprint density at radius 2 is 2.05 bits per heavy atom. The molecule has 0 aliphatic heterocycles. The van der Waals surface area contributed by atoms with Crippen LogP contribution in [0.4, 0.5) is 5.69 Å². The van der Waals surface area contributed by atoms with Crippen LogP contribution in [0.15, 0.2) is 35.3 Å². The normalized spacial score (nSPS) is 11.0. The molecule has 0 unspecified atom stereocenters. The fraction of sp³-hybridized carbons (Fsp3) is 0.200. The predicted octanol–water partition coefficient (Wildman–Crippen LogP) is 3.43. The van der Waals surface area contributed by atoms with Crippen LogP contribution in [0, 0.1) is 13.8 Å². The smallest absolute Gasteiger partial charge is 0.155 e. The van der Waals surface area contributed by atoms with E-state index in [1.807, 2.05) is 42.8 Å². The van der Waals surface area contributed by atoms with E-state index in [9.17, 15) is 5.11 Å². The Morgan fingerprint density at radius 1 is 1.24 bits per heavy atom. The van der Waals surface area contributed by atoms with Gasteiger partial charge in [0.15, 0.2) is 5.65 Å². The Bertz CT molecular complexity index is 813. The average molecular weight is 347 g/mol. The number of aryl methyl sites for hydroxylation is 1. The first kappa shape index (κ1) is 13.9. The monoisotopic (exact) mass is 346 g/mol. The predicted molar refractivity (Wildman–Crippen MR) is 85.6 cm³/mol. The molecule has 108 valence electrons. The first-order chi connectivity index (χ1) is 10.1. The molecule has 0 atom stereocenters. The van der Waals surface area contributed by atoms with Crippen LogP contribution in [-0.2, 0) is 6.54 Å². The van der Waals surface area contributed by atoms with Crippen molar-refractivity contribution in [3.05, 3.63) is 52.1 Å². The summed E-state index contributed by atoms with van der Waals surface area (Å²) in [6, 6.07) is 3.88. The number of imidazole rings is 1. The molecule has 3 rings (SSSR count). The third kappa shape index (κ3) is 2.58. The van der Waals surface area contributed by atoms with Crippen LogP contribution in [-0.4, -0.2) is 19.5 Å². The van der Waals surface area contributed by atoms with Gasteiger partial charge >= 0.3 is 0 Å². The van der Waals surface area contributed by atoms with Crippen molar-refractivity contribution in [2.24, 2.45) is 0 Å². The number of anilines is 1. The molecule has 0 saturated heterocycles. The molecule has 0 bridgehead atoms. The molecule has 2 N–H and O–H groups in total. The van der Waals surface area contributed by atoms with E-state index in [2.05, 4.69) is 31.2 Å². The molecule has 1 aromatic carbocycles. The molecular weight excluding hydrogens is 332 g/mol. The summed E-state index contributed by atoms with van der Waals surface area (Å²) in [5.74, 6) is 0.338. The molecule has 0 aliphatic carbocycles. The summed E-state index contributed by atoms with van der Waals surface area (Å²) in [5.41, 5.74) is 4.47. The second-order valence-electron chi connectivity index (χ2n) is 4.94. The highest BCUT2D eigenvalue weighted by Gasteiger charge is 2.08. The van der Waals surface area contributed by atoms with E-state index in [-0.39, 0.29) is 0 Å². The van der Waals surface area contributed by atoms with E-state index in [4.69, 9.17) is 0 Å². The lowest BCUT2D eigenvalue weighted by molar-refractivity contribution is 0.467.